The molecular formula is C18H21F3N4O. The van der Waals surface area contributed by atoms with Crippen molar-refractivity contribution in [2.45, 2.75) is 38.4 Å². The highest BCUT2D eigenvalue weighted by atomic mass is 19.4. The van der Waals surface area contributed by atoms with Gasteiger partial charge in [-0.1, -0.05) is 6.07 Å². The summed E-state index contributed by atoms with van der Waals surface area (Å²) in [6.45, 7) is 2.71. The van der Waals surface area contributed by atoms with Crippen LogP contribution in [0.25, 0.3) is 5.69 Å². The van der Waals surface area contributed by atoms with Gasteiger partial charge in [-0.05, 0) is 44.4 Å². The highest BCUT2D eigenvalue weighted by Gasteiger charge is 2.31. The zero-order chi connectivity index (χ0) is 18.9. The van der Waals surface area contributed by atoms with Crippen LogP contribution in [0.3, 0.4) is 0 Å². The van der Waals surface area contributed by atoms with E-state index in [9.17, 15) is 18.0 Å². The summed E-state index contributed by atoms with van der Waals surface area (Å²) in [7, 11) is 0. The first-order valence-corrected chi connectivity index (χ1v) is 8.56. The lowest BCUT2D eigenvalue weighted by Crippen LogP contribution is -2.47. The molecule has 0 saturated carbocycles. The number of rotatable bonds is 3. The van der Waals surface area contributed by atoms with E-state index in [1.54, 1.807) is 11.8 Å². The van der Waals surface area contributed by atoms with E-state index in [1.807, 2.05) is 0 Å². The number of hydrogen-bond donors (Lipinski definition) is 1. The molecule has 1 aliphatic rings. The predicted molar refractivity (Wildman–Crippen MR) is 91.0 cm³/mol. The monoisotopic (exact) mass is 366 g/mol. The first kappa shape index (κ1) is 18.4. The molecule has 2 N–H and O–H groups in total. The predicted octanol–water partition coefficient (Wildman–Crippen LogP) is 3.15. The van der Waals surface area contributed by atoms with Crippen LogP contribution in [0, 0.1) is 6.92 Å². The average molecular weight is 366 g/mol. The number of hydrogen-bond acceptors (Lipinski definition) is 3. The Bertz CT molecular complexity index is 800. The normalized spacial score (nSPS) is 18.2. The van der Waals surface area contributed by atoms with Gasteiger partial charge in [0.05, 0.1) is 28.7 Å². The molecule has 1 aromatic carbocycles. The van der Waals surface area contributed by atoms with Gasteiger partial charge in [-0.3, -0.25) is 4.79 Å². The fraction of sp³-hybridized carbons (Fsp3) is 0.444. The van der Waals surface area contributed by atoms with Crippen LogP contribution in [-0.2, 0) is 6.18 Å². The number of amides is 1. The second-order valence-corrected chi connectivity index (χ2v) is 6.49. The fourth-order valence-electron chi connectivity index (χ4n) is 3.36. The Kier molecular flexibility index (Phi) is 5.04. The first-order chi connectivity index (χ1) is 12.3. The molecule has 26 heavy (non-hydrogen) atoms. The second kappa shape index (κ2) is 7.11. The van der Waals surface area contributed by atoms with Gasteiger partial charge in [0, 0.05) is 19.1 Å². The molecule has 0 bridgehead atoms. The van der Waals surface area contributed by atoms with Crippen molar-refractivity contribution in [3.8, 4) is 5.69 Å². The summed E-state index contributed by atoms with van der Waals surface area (Å²) < 4.78 is 40.2. The molecule has 0 aliphatic carbocycles. The molecular weight excluding hydrogens is 345 g/mol. The third kappa shape index (κ3) is 3.46. The molecule has 2 heterocycles. The lowest BCUT2D eigenvalue weighted by molar-refractivity contribution is -0.137. The highest BCUT2D eigenvalue weighted by Crippen LogP contribution is 2.30. The number of alkyl halides is 3. The number of halogens is 3. The number of nitrogens with two attached hydrogens (primary N) is 1. The Balaban J connectivity index is 1.92. The Labute approximate surface area is 149 Å². The van der Waals surface area contributed by atoms with Crippen LogP contribution in [0.1, 0.15) is 40.9 Å². The molecule has 0 radical (unpaired) electrons. The Hall–Kier alpha value is -2.35. The lowest BCUT2D eigenvalue weighted by atomic mass is 10.0. The summed E-state index contributed by atoms with van der Waals surface area (Å²) in [6.07, 6.45) is -0.196. The van der Waals surface area contributed by atoms with Crippen LogP contribution in [0.2, 0.25) is 0 Å². The molecule has 1 saturated heterocycles. The number of aromatic nitrogens is 2. The minimum absolute atomic E-state index is 0.00689. The average Bonchev–Trinajstić information content (AvgIpc) is 3.02. The summed E-state index contributed by atoms with van der Waals surface area (Å²) in [5, 5.41) is 4.15. The third-order valence-corrected chi connectivity index (χ3v) is 4.82. The van der Waals surface area contributed by atoms with Crippen molar-refractivity contribution < 1.29 is 18.0 Å². The number of carbonyl (C=O) groups is 1. The maximum atomic E-state index is 12.9. The van der Waals surface area contributed by atoms with Crippen molar-refractivity contribution in [2.75, 3.05) is 13.1 Å². The second-order valence-electron chi connectivity index (χ2n) is 6.49. The van der Waals surface area contributed by atoms with E-state index in [0.717, 1.165) is 31.4 Å². The van der Waals surface area contributed by atoms with Crippen LogP contribution in [-0.4, -0.2) is 39.7 Å². The molecule has 1 amide bonds. The molecule has 1 aliphatic heterocycles. The van der Waals surface area contributed by atoms with E-state index in [1.165, 1.54) is 23.0 Å². The molecule has 140 valence electrons. The van der Waals surface area contributed by atoms with Gasteiger partial charge in [0.2, 0.25) is 0 Å². The van der Waals surface area contributed by atoms with Crippen molar-refractivity contribution in [3.05, 3.63) is 47.3 Å². The van der Waals surface area contributed by atoms with Crippen LogP contribution in [0.15, 0.2) is 30.5 Å². The zero-order valence-electron chi connectivity index (χ0n) is 14.5. The molecule has 0 spiro atoms. The molecule has 5 nitrogen and oxygen atoms in total. The molecule has 1 fully saturated rings. The van der Waals surface area contributed by atoms with Crippen LogP contribution < -0.4 is 5.73 Å². The van der Waals surface area contributed by atoms with E-state index in [2.05, 4.69) is 5.10 Å². The first-order valence-electron chi connectivity index (χ1n) is 8.56. The van der Waals surface area contributed by atoms with Crippen molar-refractivity contribution in [1.29, 1.82) is 0 Å². The number of likely N-dealkylation sites (tertiary alicyclic amines) is 1. The van der Waals surface area contributed by atoms with Gasteiger partial charge in [0.15, 0.2) is 0 Å². The summed E-state index contributed by atoms with van der Waals surface area (Å²) in [6, 6.07) is 4.89. The fourth-order valence-corrected chi connectivity index (χ4v) is 3.36. The standard InChI is InChI=1S/C18H21F3N4O/c1-12-16(17(26)24-8-3-2-6-15(24)10-22)11-23-25(12)14-7-4-5-13(9-14)18(19,20)21/h4-5,7,9,11,15H,2-3,6,8,10,22H2,1H3/t15-/m1/s1. The molecule has 3 rings (SSSR count). The maximum absolute atomic E-state index is 12.9. The van der Waals surface area contributed by atoms with E-state index in [-0.39, 0.29) is 17.6 Å². The topological polar surface area (TPSA) is 64.2 Å². The van der Waals surface area contributed by atoms with Crippen LogP contribution >= 0.6 is 0 Å². The van der Waals surface area contributed by atoms with Crippen molar-refractivity contribution in [2.24, 2.45) is 5.73 Å². The minimum atomic E-state index is -4.43. The summed E-state index contributed by atoms with van der Waals surface area (Å²) in [5.74, 6) is -0.170. The number of piperidine rings is 1. The van der Waals surface area contributed by atoms with E-state index in [4.69, 9.17) is 5.73 Å². The Morgan fingerprint density at radius 1 is 1.35 bits per heavy atom. The lowest BCUT2D eigenvalue weighted by Gasteiger charge is -2.35. The van der Waals surface area contributed by atoms with Gasteiger partial charge in [-0.25, -0.2) is 4.68 Å². The minimum Gasteiger partial charge on any atom is -0.334 e. The van der Waals surface area contributed by atoms with Crippen molar-refractivity contribution >= 4 is 5.91 Å². The number of benzene rings is 1. The van der Waals surface area contributed by atoms with Gasteiger partial charge < -0.3 is 10.6 Å². The summed E-state index contributed by atoms with van der Waals surface area (Å²) in [5.41, 5.74) is 6.20. The quantitative estimate of drug-likeness (QED) is 0.908. The van der Waals surface area contributed by atoms with E-state index in [0.29, 0.717) is 24.3 Å². The largest absolute Gasteiger partial charge is 0.416 e. The summed E-state index contributed by atoms with van der Waals surface area (Å²) in [4.78, 5) is 14.7. The molecule has 1 aromatic heterocycles. The van der Waals surface area contributed by atoms with Crippen molar-refractivity contribution in [3.63, 3.8) is 0 Å². The molecule has 0 unspecified atom stereocenters. The van der Waals surface area contributed by atoms with Gasteiger partial charge in [-0.2, -0.15) is 18.3 Å². The van der Waals surface area contributed by atoms with Gasteiger partial charge in [0.25, 0.3) is 5.91 Å². The summed E-state index contributed by atoms with van der Waals surface area (Å²) >= 11 is 0. The third-order valence-electron chi connectivity index (χ3n) is 4.82. The van der Waals surface area contributed by atoms with Crippen LogP contribution in [0.4, 0.5) is 13.2 Å². The van der Waals surface area contributed by atoms with Gasteiger partial charge >= 0.3 is 6.18 Å². The van der Waals surface area contributed by atoms with E-state index < -0.39 is 11.7 Å². The Morgan fingerprint density at radius 3 is 2.81 bits per heavy atom. The maximum Gasteiger partial charge on any atom is 0.416 e. The van der Waals surface area contributed by atoms with Crippen molar-refractivity contribution in [1.82, 2.24) is 14.7 Å². The van der Waals surface area contributed by atoms with Gasteiger partial charge in [0.1, 0.15) is 0 Å². The van der Waals surface area contributed by atoms with Gasteiger partial charge in [-0.15, -0.1) is 0 Å². The molecule has 2 aromatic rings. The van der Waals surface area contributed by atoms with E-state index >= 15 is 0 Å². The highest BCUT2D eigenvalue weighted by molar-refractivity contribution is 5.95. The Morgan fingerprint density at radius 2 is 2.12 bits per heavy atom. The SMILES string of the molecule is Cc1c(C(=O)N2CCCC[C@@H]2CN)cnn1-c1cccc(C(F)(F)F)c1. The molecule has 8 heteroatoms. The smallest absolute Gasteiger partial charge is 0.334 e. The number of carbonyl (C=O) groups excluding carboxylic acids is 1. The molecule has 1 atom stereocenters. The number of nitrogens with zero attached hydrogens (tertiary/aromatic N) is 3. The zero-order valence-corrected chi connectivity index (χ0v) is 14.5. The van der Waals surface area contributed by atoms with Crippen LogP contribution in [0.5, 0.6) is 0 Å².